The molecular weight excluding hydrogens is 345 g/mol. The molecule has 0 amide bonds. The highest BCUT2D eigenvalue weighted by Gasteiger charge is 2.26. The Morgan fingerprint density at radius 2 is 1.61 bits per heavy atom. The van der Waals surface area contributed by atoms with E-state index < -0.39 is 0 Å². The van der Waals surface area contributed by atoms with E-state index in [1.165, 1.54) is 59.9 Å². The minimum absolute atomic E-state index is 0. The van der Waals surface area contributed by atoms with E-state index in [1.807, 2.05) is 7.05 Å². The summed E-state index contributed by atoms with van der Waals surface area (Å²) in [5.74, 6) is 0.662. The van der Waals surface area contributed by atoms with Gasteiger partial charge >= 0.3 is 0 Å². The van der Waals surface area contributed by atoms with Gasteiger partial charge in [0.15, 0.2) is 0 Å². The lowest BCUT2D eigenvalue weighted by molar-refractivity contribution is 0.580. The van der Waals surface area contributed by atoms with Crippen molar-refractivity contribution in [3.05, 3.63) is 94.0 Å². The normalized spacial score (nSPS) is 17.1. The van der Waals surface area contributed by atoms with E-state index in [4.69, 9.17) is 0 Å². The molecule has 3 aromatic carbocycles. The first kappa shape index (κ1) is 18.9. The lowest BCUT2D eigenvalue weighted by atomic mass is 9.74. The first-order valence-corrected chi connectivity index (χ1v) is 10.3. The van der Waals surface area contributed by atoms with Crippen LogP contribution < -0.4 is 5.32 Å². The van der Waals surface area contributed by atoms with Gasteiger partial charge in [-0.1, -0.05) is 60.7 Å². The van der Waals surface area contributed by atoms with Crippen LogP contribution in [0, 0.1) is 0 Å². The summed E-state index contributed by atoms with van der Waals surface area (Å²) >= 11 is 0. The van der Waals surface area contributed by atoms with Crippen LogP contribution in [0.15, 0.2) is 60.7 Å². The van der Waals surface area contributed by atoms with E-state index in [0.717, 1.165) is 6.54 Å². The maximum Gasteiger partial charge on any atom is 0.0202 e. The van der Waals surface area contributed by atoms with E-state index in [-0.39, 0.29) is 4.70 Å². The number of hydrogen-bond donors (Lipinski definition) is 1. The molecule has 0 fully saturated rings. The summed E-state index contributed by atoms with van der Waals surface area (Å²) < 4.78 is 0. The van der Waals surface area contributed by atoms with Gasteiger partial charge in [0, 0.05) is 6.54 Å². The number of halogens is 1. The minimum atomic E-state index is 0. The number of benzene rings is 3. The molecule has 1 N–H and O–H groups in total. The monoisotopic (exact) mass is 373 g/mol. The highest BCUT2D eigenvalue weighted by molar-refractivity contribution is 5.75. The third kappa shape index (κ3) is 3.27. The van der Waals surface area contributed by atoms with Crippen LogP contribution in [0.25, 0.3) is 11.1 Å². The molecule has 0 aliphatic heterocycles. The summed E-state index contributed by atoms with van der Waals surface area (Å²) in [6, 6.07) is 23.0. The molecule has 3 aromatic rings. The van der Waals surface area contributed by atoms with Gasteiger partial charge in [-0.05, 0) is 89.6 Å². The van der Waals surface area contributed by atoms with Gasteiger partial charge in [-0.15, -0.1) is 0 Å². The summed E-state index contributed by atoms with van der Waals surface area (Å²) in [4.78, 5) is 0. The van der Waals surface area contributed by atoms with Crippen LogP contribution in [0.3, 0.4) is 0 Å². The predicted molar refractivity (Wildman–Crippen MR) is 116 cm³/mol. The SMILES string of the molecule is CNCc1ccc(C2CCc3c(ccc4c3CCc3ccccc3-4)C2)cc1.F. The second kappa shape index (κ2) is 7.89. The van der Waals surface area contributed by atoms with Crippen LogP contribution >= 0.6 is 0 Å². The standard InChI is InChI=1S/C26H27N.FH/c1-27-17-18-6-8-19(9-7-18)21-11-13-24-22(16-21)12-15-25-23-5-3-2-4-20(23)10-14-26(24)25;/h2-9,12,15,21,27H,10-11,13-14,16-17H2,1H3;1H. The van der Waals surface area contributed by atoms with E-state index in [9.17, 15) is 0 Å². The van der Waals surface area contributed by atoms with Crippen LogP contribution in [0.1, 0.15) is 45.7 Å². The number of aryl methyl sites for hydroxylation is 1. The zero-order chi connectivity index (χ0) is 18.2. The zero-order valence-electron chi connectivity index (χ0n) is 16.5. The second-order valence-corrected chi connectivity index (χ2v) is 8.10. The minimum Gasteiger partial charge on any atom is -0.316 e. The molecular formula is C26H28FN. The summed E-state index contributed by atoms with van der Waals surface area (Å²) in [5.41, 5.74) is 12.2. The molecule has 1 nitrogen and oxygen atoms in total. The quantitative estimate of drug-likeness (QED) is 0.630. The number of fused-ring (bicyclic) bond motifs is 5. The van der Waals surface area contributed by atoms with Crippen LogP contribution in [0.5, 0.6) is 0 Å². The molecule has 5 rings (SSSR count). The summed E-state index contributed by atoms with van der Waals surface area (Å²) in [7, 11) is 2.01. The Labute approximate surface area is 167 Å². The van der Waals surface area contributed by atoms with Crippen molar-refractivity contribution >= 4 is 0 Å². The largest absolute Gasteiger partial charge is 0.316 e. The summed E-state index contributed by atoms with van der Waals surface area (Å²) in [5, 5.41) is 3.23. The number of rotatable bonds is 3. The van der Waals surface area contributed by atoms with E-state index in [0.29, 0.717) is 5.92 Å². The molecule has 0 spiro atoms. The van der Waals surface area contributed by atoms with E-state index >= 15 is 0 Å². The Morgan fingerprint density at radius 3 is 2.43 bits per heavy atom. The summed E-state index contributed by atoms with van der Waals surface area (Å²) in [6.45, 7) is 0.946. The van der Waals surface area contributed by atoms with Gasteiger partial charge < -0.3 is 5.32 Å². The van der Waals surface area contributed by atoms with Crippen LogP contribution in [-0.4, -0.2) is 7.05 Å². The molecule has 144 valence electrons. The van der Waals surface area contributed by atoms with Crippen molar-refractivity contribution in [1.82, 2.24) is 5.32 Å². The van der Waals surface area contributed by atoms with Gasteiger partial charge in [-0.2, -0.15) is 0 Å². The fourth-order valence-corrected chi connectivity index (χ4v) is 5.13. The van der Waals surface area contributed by atoms with Gasteiger partial charge in [-0.25, -0.2) is 0 Å². The molecule has 2 aliphatic carbocycles. The lowest BCUT2D eigenvalue weighted by Crippen LogP contribution is -2.17. The van der Waals surface area contributed by atoms with Crippen molar-refractivity contribution in [2.75, 3.05) is 7.05 Å². The van der Waals surface area contributed by atoms with E-state index in [2.05, 4.69) is 66.0 Å². The molecule has 0 saturated carbocycles. The van der Waals surface area contributed by atoms with Crippen LogP contribution in [0.4, 0.5) is 4.70 Å². The first-order valence-electron chi connectivity index (χ1n) is 10.3. The highest BCUT2D eigenvalue weighted by atomic mass is 19.0. The molecule has 28 heavy (non-hydrogen) atoms. The van der Waals surface area contributed by atoms with Crippen molar-refractivity contribution in [3.63, 3.8) is 0 Å². The van der Waals surface area contributed by atoms with Gasteiger partial charge in [0.05, 0.1) is 0 Å². The van der Waals surface area contributed by atoms with Gasteiger partial charge in [0.25, 0.3) is 0 Å². The third-order valence-electron chi connectivity index (χ3n) is 6.52. The van der Waals surface area contributed by atoms with Crippen molar-refractivity contribution in [1.29, 1.82) is 0 Å². The van der Waals surface area contributed by atoms with E-state index in [1.54, 1.807) is 16.7 Å². The fourth-order valence-electron chi connectivity index (χ4n) is 5.13. The lowest BCUT2D eigenvalue weighted by Gasteiger charge is -2.30. The predicted octanol–water partition coefficient (Wildman–Crippen LogP) is 5.60. The Hall–Kier alpha value is -2.45. The average Bonchev–Trinajstić information content (AvgIpc) is 2.73. The third-order valence-corrected chi connectivity index (χ3v) is 6.52. The van der Waals surface area contributed by atoms with Gasteiger partial charge in [0.2, 0.25) is 0 Å². The maximum absolute atomic E-state index is 3.23. The first-order chi connectivity index (χ1) is 13.3. The van der Waals surface area contributed by atoms with Crippen molar-refractivity contribution in [3.8, 4) is 11.1 Å². The van der Waals surface area contributed by atoms with Crippen molar-refractivity contribution in [2.24, 2.45) is 0 Å². The molecule has 0 bridgehead atoms. The van der Waals surface area contributed by atoms with Crippen molar-refractivity contribution < 1.29 is 4.70 Å². The molecule has 0 heterocycles. The second-order valence-electron chi connectivity index (χ2n) is 8.10. The summed E-state index contributed by atoms with van der Waals surface area (Å²) in [6.07, 6.45) is 6.09. The zero-order valence-corrected chi connectivity index (χ0v) is 16.5. The van der Waals surface area contributed by atoms with Gasteiger partial charge in [-0.3, -0.25) is 4.70 Å². The molecule has 2 aliphatic rings. The Morgan fingerprint density at radius 1 is 0.786 bits per heavy atom. The number of hydrogen-bond acceptors (Lipinski definition) is 1. The Kier molecular flexibility index (Phi) is 5.32. The molecule has 0 aromatic heterocycles. The molecule has 1 atom stereocenters. The molecule has 2 heteroatoms. The molecule has 0 radical (unpaired) electrons. The Bertz CT molecular complexity index is 974. The molecule has 1 unspecified atom stereocenters. The van der Waals surface area contributed by atoms with Gasteiger partial charge in [0.1, 0.15) is 0 Å². The maximum atomic E-state index is 3.23. The fraction of sp³-hybridized carbons (Fsp3) is 0.308. The smallest absolute Gasteiger partial charge is 0.0202 e. The molecule has 0 saturated heterocycles. The number of nitrogens with one attached hydrogen (secondary N) is 1. The highest BCUT2D eigenvalue weighted by Crippen LogP contribution is 2.41. The van der Waals surface area contributed by atoms with Crippen molar-refractivity contribution in [2.45, 2.75) is 44.6 Å². The van der Waals surface area contributed by atoms with Crippen LogP contribution in [0.2, 0.25) is 0 Å². The average molecular weight is 374 g/mol. The Balaban J connectivity index is 0.00000192. The van der Waals surface area contributed by atoms with Crippen LogP contribution in [-0.2, 0) is 32.2 Å². The topological polar surface area (TPSA) is 12.0 Å².